The number of amides is 3. The zero-order chi connectivity index (χ0) is 31.3. The molecule has 0 saturated carbocycles. The zero-order valence-corrected chi connectivity index (χ0v) is 25.2. The Labute approximate surface area is 245 Å². The number of carbonyl (C=O) groups is 4. The van der Waals surface area contributed by atoms with Gasteiger partial charge in [0.05, 0.1) is 25.3 Å². The molecule has 42 heavy (non-hydrogen) atoms. The van der Waals surface area contributed by atoms with Crippen molar-refractivity contribution in [1.29, 1.82) is 0 Å². The number of alkyl carbamates (subject to hydrolysis) is 1. The van der Waals surface area contributed by atoms with Gasteiger partial charge in [0.1, 0.15) is 17.7 Å². The molecule has 0 spiro atoms. The minimum absolute atomic E-state index is 0.0101. The Morgan fingerprint density at radius 3 is 2.29 bits per heavy atom. The normalized spacial score (nSPS) is 12.6. The van der Waals surface area contributed by atoms with Gasteiger partial charge in [0.2, 0.25) is 11.9 Å². The fourth-order valence-electron chi connectivity index (χ4n) is 3.47. The zero-order valence-electron chi connectivity index (χ0n) is 25.2. The Morgan fingerprint density at radius 2 is 1.67 bits per heavy atom. The van der Waals surface area contributed by atoms with Gasteiger partial charge < -0.3 is 24.8 Å². The molecular formula is C28H41N7O7. The van der Waals surface area contributed by atoms with Gasteiger partial charge in [-0.15, -0.1) is 10.1 Å². The van der Waals surface area contributed by atoms with E-state index < -0.39 is 35.4 Å². The summed E-state index contributed by atoms with van der Waals surface area (Å²) in [4.78, 5) is 52.8. The molecule has 0 bridgehead atoms. The van der Waals surface area contributed by atoms with Crippen molar-refractivity contribution in [3.8, 4) is 0 Å². The first-order valence-corrected chi connectivity index (χ1v) is 13.5. The number of esters is 1. The Morgan fingerprint density at radius 1 is 1.00 bits per heavy atom. The van der Waals surface area contributed by atoms with Gasteiger partial charge in [-0.3, -0.25) is 14.9 Å². The summed E-state index contributed by atoms with van der Waals surface area (Å²) in [6.07, 6.45) is 0.998. The number of aromatic nitrogens is 3. The average molecular weight is 588 g/mol. The van der Waals surface area contributed by atoms with Crippen molar-refractivity contribution in [1.82, 2.24) is 30.9 Å². The van der Waals surface area contributed by atoms with Gasteiger partial charge in [-0.05, 0) is 59.9 Å². The largest absolute Gasteiger partial charge is 0.469 e. The van der Waals surface area contributed by atoms with Crippen molar-refractivity contribution in [2.24, 2.45) is 4.99 Å². The van der Waals surface area contributed by atoms with Crippen LogP contribution in [0.1, 0.15) is 71.7 Å². The van der Waals surface area contributed by atoms with Crippen molar-refractivity contribution in [2.75, 3.05) is 13.7 Å². The third-order valence-corrected chi connectivity index (χ3v) is 5.15. The highest BCUT2D eigenvalue weighted by atomic mass is 16.6. The van der Waals surface area contributed by atoms with Gasteiger partial charge in [-0.2, -0.15) is 0 Å². The minimum atomic E-state index is -0.872. The summed E-state index contributed by atoms with van der Waals surface area (Å²) in [6, 6.07) is 8.59. The van der Waals surface area contributed by atoms with Crippen LogP contribution in [-0.2, 0) is 36.8 Å². The number of aryl methyl sites for hydroxylation is 1. The van der Waals surface area contributed by atoms with E-state index in [-0.39, 0.29) is 24.8 Å². The summed E-state index contributed by atoms with van der Waals surface area (Å²) in [5.74, 6) is -0.901. The molecule has 0 saturated heterocycles. The van der Waals surface area contributed by atoms with Crippen LogP contribution in [0.4, 0.5) is 9.59 Å². The molecule has 14 heteroatoms. The number of nitrogens with one attached hydrogen (secondary N) is 3. The molecule has 0 unspecified atom stereocenters. The molecule has 1 atom stereocenters. The first kappa shape index (κ1) is 33.7. The van der Waals surface area contributed by atoms with Gasteiger partial charge in [-0.25, -0.2) is 14.3 Å². The first-order valence-electron chi connectivity index (χ1n) is 13.5. The average Bonchev–Trinajstić information content (AvgIpc) is 3.31. The van der Waals surface area contributed by atoms with Crippen molar-refractivity contribution in [2.45, 2.75) is 84.6 Å². The monoisotopic (exact) mass is 587 g/mol. The van der Waals surface area contributed by atoms with Gasteiger partial charge in [0.15, 0.2) is 0 Å². The predicted octanol–water partition coefficient (Wildman–Crippen LogP) is 3.04. The summed E-state index contributed by atoms with van der Waals surface area (Å²) in [5.41, 5.74) is -0.0964. The molecule has 2 aromatic rings. The van der Waals surface area contributed by atoms with Crippen molar-refractivity contribution >= 4 is 30.0 Å². The molecule has 1 aromatic heterocycles. The van der Waals surface area contributed by atoms with Crippen LogP contribution in [0.3, 0.4) is 0 Å². The molecule has 0 aliphatic carbocycles. The second kappa shape index (κ2) is 15.5. The van der Waals surface area contributed by atoms with Gasteiger partial charge in [-0.1, -0.05) is 35.5 Å². The molecule has 14 nitrogen and oxygen atoms in total. The van der Waals surface area contributed by atoms with E-state index in [2.05, 4.69) is 31.3 Å². The summed E-state index contributed by atoms with van der Waals surface area (Å²) < 4.78 is 16.6. The number of guanidine groups is 1. The lowest BCUT2D eigenvalue weighted by Gasteiger charge is -2.21. The molecule has 0 radical (unpaired) electrons. The minimum Gasteiger partial charge on any atom is -0.469 e. The number of ether oxygens (including phenoxy) is 3. The number of nitrogens with zero attached hydrogens (tertiary/aromatic N) is 4. The third-order valence-electron chi connectivity index (χ3n) is 5.15. The van der Waals surface area contributed by atoms with Gasteiger partial charge in [0.25, 0.3) is 0 Å². The molecule has 2 rings (SSSR count). The highest BCUT2D eigenvalue weighted by Crippen LogP contribution is 2.17. The van der Waals surface area contributed by atoms with Crippen molar-refractivity contribution in [3.63, 3.8) is 0 Å². The van der Waals surface area contributed by atoms with E-state index in [4.69, 9.17) is 14.2 Å². The fraction of sp³-hybridized carbons (Fsp3) is 0.536. The van der Waals surface area contributed by atoms with E-state index in [1.807, 2.05) is 30.3 Å². The third kappa shape index (κ3) is 13.7. The lowest BCUT2D eigenvalue weighted by atomic mass is 10.0. The van der Waals surface area contributed by atoms with E-state index in [9.17, 15) is 19.2 Å². The number of hydrogen-bond donors (Lipinski definition) is 3. The van der Waals surface area contributed by atoms with Crippen LogP contribution in [0.15, 0.2) is 41.5 Å². The Bertz CT molecular complexity index is 1230. The quantitative estimate of drug-likeness (QED) is 0.123. The maximum atomic E-state index is 12.7. The van der Waals surface area contributed by atoms with Crippen LogP contribution in [0.2, 0.25) is 0 Å². The van der Waals surface area contributed by atoms with Crippen LogP contribution in [-0.4, -0.2) is 69.9 Å². The molecule has 1 aromatic carbocycles. The molecule has 3 N–H and O–H groups in total. The van der Waals surface area contributed by atoms with E-state index in [1.54, 1.807) is 47.7 Å². The molecule has 1 heterocycles. The van der Waals surface area contributed by atoms with Crippen molar-refractivity contribution in [3.05, 3.63) is 47.8 Å². The van der Waals surface area contributed by atoms with Crippen LogP contribution >= 0.6 is 0 Å². The molecule has 0 fully saturated rings. The molecule has 0 aliphatic heterocycles. The summed E-state index contributed by atoms with van der Waals surface area (Å²) in [5, 5.41) is 16.3. The van der Waals surface area contributed by atoms with E-state index in [0.717, 1.165) is 5.56 Å². The topological polar surface area (TPSA) is 175 Å². The molecule has 230 valence electrons. The Balaban J connectivity index is 1.92. The summed E-state index contributed by atoms with van der Waals surface area (Å²) in [6.45, 7) is 10.5. The second-order valence-electron chi connectivity index (χ2n) is 11.3. The van der Waals surface area contributed by atoms with Crippen LogP contribution < -0.4 is 16.0 Å². The number of rotatable bonds is 10. The molecule has 0 aliphatic rings. The van der Waals surface area contributed by atoms with E-state index >= 15 is 0 Å². The van der Waals surface area contributed by atoms with Gasteiger partial charge >= 0.3 is 18.2 Å². The second-order valence-corrected chi connectivity index (χ2v) is 11.3. The number of hydrogen-bond acceptors (Lipinski definition) is 9. The summed E-state index contributed by atoms with van der Waals surface area (Å²) in [7, 11) is 1.30. The van der Waals surface area contributed by atoms with Crippen LogP contribution in [0.5, 0.6) is 0 Å². The van der Waals surface area contributed by atoms with Gasteiger partial charge in [0, 0.05) is 12.7 Å². The first-order chi connectivity index (χ1) is 19.6. The molecule has 3 amide bonds. The standard InChI is InChI=1S/C28H41N7O7/c1-27(2,3)41-25(38)31-24(32-26(39)42-28(4,5)6)29-15-11-14-20-17-35(34-33-20)18-22(36)30-21(16-23(37)40-7)19-12-9-8-10-13-19/h8-10,12-13,17,21H,11,14-16,18H2,1-7H3,(H,30,36)(H2,29,31,32,38,39)/t21-/m0/s1. The number of carbonyl (C=O) groups excluding carboxylic acids is 4. The maximum Gasteiger partial charge on any atom is 0.437 e. The lowest BCUT2D eigenvalue weighted by molar-refractivity contribution is -0.141. The van der Waals surface area contributed by atoms with Crippen molar-refractivity contribution < 1.29 is 33.4 Å². The smallest absolute Gasteiger partial charge is 0.437 e. The predicted molar refractivity (Wildman–Crippen MR) is 153 cm³/mol. The highest BCUT2D eigenvalue weighted by Gasteiger charge is 2.21. The Kier molecular flexibility index (Phi) is 12.4. The van der Waals surface area contributed by atoms with Crippen LogP contribution in [0.25, 0.3) is 0 Å². The van der Waals surface area contributed by atoms with Crippen LogP contribution in [0, 0.1) is 0 Å². The number of aliphatic imine (C=N–C) groups is 1. The van der Waals surface area contributed by atoms with E-state index in [1.165, 1.54) is 11.8 Å². The number of methoxy groups -OCH3 is 1. The maximum absolute atomic E-state index is 12.7. The highest BCUT2D eigenvalue weighted by molar-refractivity contribution is 5.98. The SMILES string of the molecule is COC(=O)C[C@H](NC(=O)Cn1cc(CCCN/C(=N\C(=O)OC(C)(C)C)NC(=O)OC(C)(C)C)nn1)c1ccccc1. The fourth-order valence-corrected chi connectivity index (χ4v) is 3.47. The lowest BCUT2D eigenvalue weighted by Crippen LogP contribution is -2.44. The van der Waals surface area contributed by atoms with E-state index in [0.29, 0.717) is 25.1 Å². The Hall–Kier alpha value is -4.49. The molecular weight excluding hydrogens is 546 g/mol. The number of benzene rings is 1. The summed E-state index contributed by atoms with van der Waals surface area (Å²) >= 11 is 0.